The van der Waals surface area contributed by atoms with Gasteiger partial charge in [-0.25, -0.2) is 9.37 Å². The number of carbonyl (C=O) groups is 2. The van der Waals surface area contributed by atoms with Gasteiger partial charge >= 0.3 is 5.97 Å². The van der Waals surface area contributed by atoms with Crippen LogP contribution in [0.25, 0.3) is 22.0 Å². The molecule has 146 valence electrons. The summed E-state index contributed by atoms with van der Waals surface area (Å²) in [6, 6.07) is 12.7. The molecule has 0 saturated heterocycles. The average molecular weight is 392 g/mol. The predicted octanol–water partition coefficient (Wildman–Crippen LogP) is 4.14. The molecule has 0 bridgehead atoms. The number of nitrogens with zero attached hydrogens (tertiary/aromatic N) is 2. The molecule has 1 aromatic heterocycles. The Balaban J connectivity index is 2.08. The van der Waals surface area contributed by atoms with Gasteiger partial charge in [0.2, 0.25) is 0 Å². The van der Waals surface area contributed by atoms with E-state index in [9.17, 15) is 24.3 Å². The molecule has 2 aromatic carbocycles. The van der Waals surface area contributed by atoms with Crippen LogP contribution in [0.2, 0.25) is 0 Å². The summed E-state index contributed by atoms with van der Waals surface area (Å²) in [4.78, 5) is 28.3. The van der Waals surface area contributed by atoms with Crippen LogP contribution >= 0.6 is 0 Å². The molecule has 0 aliphatic heterocycles. The zero-order valence-corrected chi connectivity index (χ0v) is 15.6. The van der Waals surface area contributed by atoms with Crippen molar-refractivity contribution in [1.82, 2.24) is 4.98 Å². The number of hydrogen-bond donors (Lipinski definition) is 1. The Hall–Kier alpha value is -3.79. The molecule has 29 heavy (non-hydrogen) atoms. The zero-order chi connectivity index (χ0) is 21.0. The molecule has 0 unspecified atom stereocenters. The molecule has 3 rings (SSSR count). The Morgan fingerprint density at radius 2 is 1.90 bits per heavy atom. The summed E-state index contributed by atoms with van der Waals surface area (Å²) < 4.78 is 18.9. The molecule has 0 aliphatic rings. The third-order valence-electron chi connectivity index (χ3n) is 4.39. The number of ether oxygens (including phenoxy) is 1. The first-order valence-corrected chi connectivity index (χ1v) is 8.96. The van der Waals surface area contributed by atoms with E-state index in [4.69, 9.17) is 4.74 Å². The first-order chi connectivity index (χ1) is 14.0. The number of Topliss-reactive ketones (excluding diaryl/α,β-unsaturated/α-hetero) is 1. The van der Waals surface area contributed by atoms with E-state index in [0.29, 0.717) is 16.3 Å². The van der Waals surface area contributed by atoms with Gasteiger partial charge in [0.05, 0.1) is 24.3 Å². The highest BCUT2D eigenvalue weighted by molar-refractivity contribution is 6.01. The quantitative estimate of drug-likeness (QED) is 0.500. The number of fused-ring (bicyclic) bond motifs is 1. The van der Waals surface area contributed by atoms with Crippen molar-refractivity contribution in [2.75, 3.05) is 6.61 Å². The van der Waals surface area contributed by atoms with Gasteiger partial charge in [-0.2, -0.15) is 5.26 Å². The molecular formula is C22H17FN2O4. The summed E-state index contributed by atoms with van der Waals surface area (Å²) in [5, 5.41) is 20.6. The highest BCUT2D eigenvalue weighted by atomic mass is 19.1. The Bertz CT molecular complexity index is 1150. The number of nitriles is 1. The highest BCUT2D eigenvalue weighted by Crippen LogP contribution is 2.33. The predicted molar refractivity (Wildman–Crippen MR) is 104 cm³/mol. The van der Waals surface area contributed by atoms with Gasteiger partial charge in [0, 0.05) is 17.4 Å². The molecule has 0 radical (unpaired) electrons. The summed E-state index contributed by atoms with van der Waals surface area (Å²) in [6.07, 6.45) is -0.392. The van der Waals surface area contributed by atoms with Crippen LogP contribution in [0.1, 0.15) is 35.8 Å². The number of rotatable bonds is 6. The van der Waals surface area contributed by atoms with Gasteiger partial charge < -0.3 is 9.84 Å². The van der Waals surface area contributed by atoms with Crippen molar-refractivity contribution in [3.05, 3.63) is 59.5 Å². The van der Waals surface area contributed by atoms with Crippen LogP contribution in [0, 0.1) is 17.1 Å². The fraction of sp³-hybridized carbons (Fsp3) is 0.182. The van der Waals surface area contributed by atoms with Crippen LogP contribution in [0.15, 0.2) is 42.5 Å². The SMILES string of the molecule is CCOC(=O)CCC(=O)c1nc(-c2ccc(F)c3ccccc23)cc(C#N)c1O. The maximum absolute atomic E-state index is 14.1. The number of ketones is 1. The molecule has 0 fully saturated rings. The molecular weight excluding hydrogens is 375 g/mol. The number of esters is 1. The lowest BCUT2D eigenvalue weighted by Crippen LogP contribution is -2.10. The fourth-order valence-corrected chi connectivity index (χ4v) is 3.01. The van der Waals surface area contributed by atoms with Crippen LogP contribution in [0.5, 0.6) is 5.75 Å². The van der Waals surface area contributed by atoms with Gasteiger partial charge in [-0.1, -0.05) is 24.3 Å². The van der Waals surface area contributed by atoms with Crippen LogP contribution < -0.4 is 0 Å². The molecule has 6 nitrogen and oxygen atoms in total. The minimum atomic E-state index is -0.597. The van der Waals surface area contributed by atoms with Crippen molar-refractivity contribution < 1.29 is 23.8 Å². The number of pyridine rings is 1. The first-order valence-electron chi connectivity index (χ1n) is 8.96. The van der Waals surface area contributed by atoms with E-state index in [1.807, 2.05) is 6.07 Å². The number of hydrogen-bond acceptors (Lipinski definition) is 6. The topological polar surface area (TPSA) is 100 Å². The van der Waals surface area contributed by atoms with E-state index < -0.39 is 23.3 Å². The molecule has 0 atom stereocenters. The molecule has 0 aliphatic carbocycles. The molecule has 1 heterocycles. The summed E-state index contributed by atoms with van der Waals surface area (Å²) >= 11 is 0. The van der Waals surface area contributed by atoms with E-state index in [-0.39, 0.29) is 36.4 Å². The summed E-state index contributed by atoms with van der Waals surface area (Å²) in [6.45, 7) is 1.85. The van der Waals surface area contributed by atoms with Gasteiger partial charge in [-0.3, -0.25) is 9.59 Å². The van der Waals surface area contributed by atoms with Gasteiger partial charge in [0.15, 0.2) is 11.5 Å². The number of carbonyl (C=O) groups excluding carboxylic acids is 2. The van der Waals surface area contributed by atoms with Crippen molar-refractivity contribution in [2.45, 2.75) is 19.8 Å². The lowest BCUT2D eigenvalue weighted by molar-refractivity contribution is -0.143. The first kappa shape index (κ1) is 20.0. The maximum atomic E-state index is 14.1. The largest absolute Gasteiger partial charge is 0.504 e. The van der Waals surface area contributed by atoms with E-state index in [0.717, 1.165) is 0 Å². The maximum Gasteiger partial charge on any atom is 0.306 e. The van der Waals surface area contributed by atoms with Crippen LogP contribution in [0.4, 0.5) is 4.39 Å². The Morgan fingerprint density at radius 1 is 1.17 bits per heavy atom. The summed E-state index contributed by atoms with van der Waals surface area (Å²) in [7, 11) is 0. The van der Waals surface area contributed by atoms with Crippen molar-refractivity contribution in [2.24, 2.45) is 0 Å². The Morgan fingerprint density at radius 3 is 2.59 bits per heavy atom. The van der Waals surface area contributed by atoms with Gasteiger partial charge in [0.1, 0.15) is 17.6 Å². The molecule has 7 heteroatoms. The van der Waals surface area contributed by atoms with Crippen LogP contribution in [-0.4, -0.2) is 28.4 Å². The van der Waals surface area contributed by atoms with E-state index in [1.54, 1.807) is 31.2 Å². The lowest BCUT2D eigenvalue weighted by atomic mass is 9.99. The fourth-order valence-electron chi connectivity index (χ4n) is 3.01. The normalized spacial score (nSPS) is 10.5. The van der Waals surface area contributed by atoms with Gasteiger partial charge in [0.25, 0.3) is 0 Å². The van der Waals surface area contributed by atoms with E-state index in [2.05, 4.69) is 4.98 Å². The standard InChI is InChI=1S/C22H17FN2O4/c1-2-29-20(27)10-9-19(26)21-22(28)13(12-24)11-18(25-21)16-7-8-17(23)15-6-4-3-5-14(15)16/h3-8,11,28H,2,9-10H2,1H3. The third-order valence-corrected chi connectivity index (χ3v) is 4.39. The van der Waals surface area contributed by atoms with Crippen LogP contribution in [-0.2, 0) is 9.53 Å². The monoisotopic (exact) mass is 392 g/mol. The number of halogens is 1. The van der Waals surface area contributed by atoms with E-state index in [1.165, 1.54) is 18.2 Å². The van der Waals surface area contributed by atoms with E-state index >= 15 is 0 Å². The zero-order valence-electron chi connectivity index (χ0n) is 15.6. The number of aromatic nitrogens is 1. The molecule has 0 amide bonds. The van der Waals surface area contributed by atoms with Crippen LogP contribution in [0.3, 0.4) is 0 Å². The number of aromatic hydroxyl groups is 1. The minimum Gasteiger partial charge on any atom is -0.504 e. The summed E-state index contributed by atoms with van der Waals surface area (Å²) in [5.74, 6) is -2.09. The Labute approximate surface area is 166 Å². The molecule has 1 N–H and O–H groups in total. The second-order valence-corrected chi connectivity index (χ2v) is 6.23. The van der Waals surface area contributed by atoms with Gasteiger partial charge in [-0.05, 0) is 30.5 Å². The number of benzene rings is 2. The average Bonchev–Trinajstić information content (AvgIpc) is 2.73. The van der Waals surface area contributed by atoms with Gasteiger partial charge in [-0.15, -0.1) is 0 Å². The highest BCUT2D eigenvalue weighted by Gasteiger charge is 2.21. The lowest BCUT2D eigenvalue weighted by Gasteiger charge is -2.11. The summed E-state index contributed by atoms with van der Waals surface area (Å²) in [5.41, 5.74) is 0.313. The second kappa shape index (κ2) is 8.48. The molecule has 0 spiro atoms. The second-order valence-electron chi connectivity index (χ2n) is 6.23. The van der Waals surface area contributed by atoms with Crippen molar-refractivity contribution >= 4 is 22.5 Å². The molecule has 0 saturated carbocycles. The van der Waals surface area contributed by atoms with Crippen molar-refractivity contribution in [1.29, 1.82) is 5.26 Å². The minimum absolute atomic E-state index is 0.136. The smallest absolute Gasteiger partial charge is 0.306 e. The molecule has 3 aromatic rings. The van der Waals surface area contributed by atoms with Crippen molar-refractivity contribution in [3.63, 3.8) is 0 Å². The van der Waals surface area contributed by atoms with Crippen molar-refractivity contribution in [3.8, 4) is 23.1 Å². The third kappa shape index (κ3) is 4.06. The Kier molecular flexibility index (Phi) is 5.84.